The molecule has 0 saturated heterocycles. The molecular weight excluding hydrogens is 367 g/mol. The van der Waals surface area contributed by atoms with Gasteiger partial charge in [0, 0.05) is 18.5 Å². The Hall–Kier alpha value is -3.30. The number of rotatable bonds is 7. The van der Waals surface area contributed by atoms with Gasteiger partial charge in [0.1, 0.15) is 5.75 Å². The van der Waals surface area contributed by atoms with Gasteiger partial charge in [0.2, 0.25) is 17.6 Å². The first-order chi connectivity index (χ1) is 12.9. The van der Waals surface area contributed by atoms with Crippen molar-refractivity contribution in [2.24, 2.45) is 0 Å². The van der Waals surface area contributed by atoms with E-state index in [0.717, 1.165) is 0 Å². The molecule has 10 heteroatoms. The van der Waals surface area contributed by atoms with Gasteiger partial charge in [-0.1, -0.05) is 5.16 Å². The van der Waals surface area contributed by atoms with Gasteiger partial charge in [0.25, 0.3) is 0 Å². The minimum absolute atomic E-state index is 0.0571. The zero-order valence-corrected chi connectivity index (χ0v) is 13.8. The molecule has 27 heavy (non-hydrogen) atoms. The molecule has 3 aromatic rings. The number of furan rings is 1. The number of nitrogens with one attached hydrogen (secondary N) is 1. The molecule has 1 amide bonds. The van der Waals surface area contributed by atoms with Crippen molar-refractivity contribution in [1.29, 1.82) is 0 Å². The quantitative estimate of drug-likeness (QED) is 0.669. The SMILES string of the molecule is O=C(CCc1nc(-c2ccco2)no1)Nc1ccc(OCC(F)(F)F)cc1. The summed E-state index contributed by atoms with van der Waals surface area (Å²) in [5.41, 5.74) is 0.432. The second-order valence-electron chi connectivity index (χ2n) is 5.47. The van der Waals surface area contributed by atoms with E-state index in [1.165, 1.54) is 30.5 Å². The molecule has 0 radical (unpaired) electrons. The molecule has 3 rings (SSSR count). The van der Waals surface area contributed by atoms with Crippen molar-refractivity contribution < 1.29 is 31.6 Å². The lowest BCUT2D eigenvalue weighted by atomic mass is 10.2. The molecule has 0 unspecified atom stereocenters. The predicted octanol–water partition coefficient (Wildman–Crippen LogP) is 3.84. The van der Waals surface area contributed by atoms with Gasteiger partial charge >= 0.3 is 6.18 Å². The summed E-state index contributed by atoms with van der Waals surface area (Å²) in [6.07, 6.45) is -2.60. The molecule has 0 fully saturated rings. The lowest BCUT2D eigenvalue weighted by molar-refractivity contribution is -0.153. The van der Waals surface area contributed by atoms with E-state index < -0.39 is 12.8 Å². The lowest BCUT2D eigenvalue weighted by Gasteiger charge is -2.10. The summed E-state index contributed by atoms with van der Waals surface area (Å²) in [6.45, 7) is -1.37. The Morgan fingerprint density at radius 1 is 1.19 bits per heavy atom. The van der Waals surface area contributed by atoms with E-state index in [9.17, 15) is 18.0 Å². The third-order valence-corrected chi connectivity index (χ3v) is 3.32. The first kappa shape index (κ1) is 18.5. The number of halogens is 3. The molecule has 0 atom stereocenters. The summed E-state index contributed by atoms with van der Waals surface area (Å²) in [6, 6.07) is 8.96. The van der Waals surface area contributed by atoms with Crippen LogP contribution in [0.2, 0.25) is 0 Å². The first-order valence-corrected chi connectivity index (χ1v) is 7.85. The Balaban J connectivity index is 1.46. The third kappa shape index (κ3) is 5.59. The smallest absolute Gasteiger partial charge is 0.422 e. The molecule has 0 aliphatic rings. The molecule has 0 aliphatic heterocycles. The van der Waals surface area contributed by atoms with E-state index in [2.05, 4.69) is 20.2 Å². The van der Waals surface area contributed by atoms with Crippen LogP contribution in [0.3, 0.4) is 0 Å². The van der Waals surface area contributed by atoms with Gasteiger partial charge in [-0.15, -0.1) is 0 Å². The molecule has 1 N–H and O–H groups in total. The van der Waals surface area contributed by atoms with E-state index in [1.807, 2.05) is 0 Å². The Labute approximate surface area is 151 Å². The Kier molecular flexibility index (Phi) is 5.43. The molecular formula is C17H14F3N3O4. The number of nitrogens with zero attached hydrogens (tertiary/aromatic N) is 2. The molecule has 2 aromatic heterocycles. The van der Waals surface area contributed by atoms with Crippen LogP contribution in [0.4, 0.5) is 18.9 Å². The fourth-order valence-corrected chi connectivity index (χ4v) is 2.11. The highest BCUT2D eigenvalue weighted by Gasteiger charge is 2.28. The molecule has 0 bridgehead atoms. The number of amides is 1. The number of carbonyl (C=O) groups excluding carboxylic acids is 1. The van der Waals surface area contributed by atoms with Crippen LogP contribution in [0.1, 0.15) is 12.3 Å². The molecule has 7 nitrogen and oxygen atoms in total. The topological polar surface area (TPSA) is 90.4 Å². The summed E-state index contributed by atoms with van der Waals surface area (Å²) in [4.78, 5) is 16.1. The summed E-state index contributed by atoms with van der Waals surface area (Å²) in [7, 11) is 0. The van der Waals surface area contributed by atoms with E-state index in [4.69, 9.17) is 8.94 Å². The maximum atomic E-state index is 12.1. The number of anilines is 1. The summed E-state index contributed by atoms with van der Waals surface area (Å²) >= 11 is 0. The van der Waals surface area contributed by atoms with Crippen LogP contribution in [-0.4, -0.2) is 28.8 Å². The second kappa shape index (κ2) is 7.94. The van der Waals surface area contributed by atoms with Crippen LogP contribution in [0.5, 0.6) is 5.75 Å². The summed E-state index contributed by atoms with van der Waals surface area (Å²) in [5, 5.41) is 6.38. The highest BCUT2D eigenvalue weighted by atomic mass is 19.4. The van der Waals surface area contributed by atoms with Crippen molar-refractivity contribution in [3.05, 3.63) is 48.6 Å². The Morgan fingerprint density at radius 2 is 1.96 bits per heavy atom. The van der Waals surface area contributed by atoms with E-state index in [0.29, 0.717) is 17.3 Å². The van der Waals surface area contributed by atoms with Crippen LogP contribution in [0.15, 0.2) is 51.6 Å². The fraction of sp³-hybridized carbons (Fsp3) is 0.235. The zero-order valence-electron chi connectivity index (χ0n) is 13.8. The molecule has 0 spiro atoms. The van der Waals surface area contributed by atoms with E-state index in [1.54, 1.807) is 12.1 Å². The highest BCUT2D eigenvalue weighted by molar-refractivity contribution is 5.90. The summed E-state index contributed by atoms with van der Waals surface area (Å²) < 4.78 is 51.1. The van der Waals surface area contributed by atoms with Crippen LogP contribution in [0, 0.1) is 0 Å². The maximum absolute atomic E-state index is 12.1. The zero-order chi connectivity index (χ0) is 19.3. The predicted molar refractivity (Wildman–Crippen MR) is 86.9 cm³/mol. The highest BCUT2D eigenvalue weighted by Crippen LogP contribution is 2.20. The van der Waals surface area contributed by atoms with Crippen LogP contribution >= 0.6 is 0 Å². The van der Waals surface area contributed by atoms with Crippen molar-refractivity contribution in [2.45, 2.75) is 19.0 Å². The second-order valence-corrected chi connectivity index (χ2v) is 5.47. The summed E-state index contributed by atoms with van der Waals surface area (Å²) in [5.74, 6) is 0.790. The van der Waals surface area contributed by atoms with Crippen molar-refractivity contribution in [3.8, 4) is 17.3 Å². The van der Waals surface area contributed by atoms with E-state index >= 15 is 0 Å². The van der Waals surface area contributed by atoms with Crippen molar-refractivity contribution in [1.82, 2.24) is 10.1 Å². The van der Waals surface area contributed by atoms with Crippen LogP contribution < -0.4 is 10.1 Å². The van der Waals surface area contributed by atoms with Crippen LogP contribution in [0.25, 0.3) is 11.6 Å². The molecule has 0 aliphatic carbocycles. The number of aryl methyl sites for hydroxylation is 1. The minimum Gasteiger partial charge on any atom is -0.484 e. The largest absolute Gasteiger partial charge is 0.484 e. The fourth-order valence-electron chi connectivity index (χ4n) is 2.11. The number of alkyl halides is 3. The Bertz CT molecular complexity index is 874. The maximum Gasteiger partial charge on any atom is 0.422 e. The third-order valence-electron chi connectivity index (χ3n) is 3.32. The number of carbonyl (C=O) groups is 1. The number of hydrogen-bond donors (Lipinski definition) is 1. The van der Waals surface area contributed by atoms with Gasteiger partial charge in [-0.25, -0.2) is 0 Å². The van der Waals surface area contributed by atoms with Gasteiger partial charge in [-0.05, 0) is 36.4 Å². The molecule has 2 heterocycles. The number of ether oxygens (including phenoxy) is 1. The van der Waals surface area contributed by atoms with Gasteiger partial charge in [0.05, 0.1) is 6.26 Å². The molecule has 1 aromatic carbocycles. The van der Waals surface area contributed by atoms with Gasteiger partial charge in [-0.2, -0.15) is 18.2 Å². The average Bonchev–Trinajstić information content (AvgIpc) is 3.30. The van der Waals surface area contributed by atoms with Crippen LogP contribution in [-0.2, 0) is 11.2 Å². The minimum atomic E-state index is -4.40. The monoisotopic (exact) mass is 381 g/mol. The number of aromatic nitrogens is 2. The standard InChI is InChI=1S/C17H14F3N3O4/c18-17(19,20)10-26-12-5-3-11(4-6-12)21-14(24)7-8-15-22-16(23-27-15)13-2-1-9-25-13/h1-6,9H,7-8,10H2,(H,21,24). The van der Waals surface area contributed by atoms with Gasteiger partial charge < -0.3 is 19.0 Å². The first-order valence-electron chi connectivity index (χ1n) is 7.85. The molecule has 142 valence electrons. The Morgan fingerprint density at radius 3 is 2.63 bits per heavy atom. The van der Waals surface area contributed by atoms with E-state index in [-0.39, 0.29) is 30.4 Å². The lowest BCUT2D eigenvalue weighted by Crippen LogP contribution is -2.19. The number of hydrogen-bond acceptors (Lipinski definition) is 6. The normalized spacial score (nSPS) is 11.4. The molecule has 0 saturated carbocycles. The van der Waals surface area contributed by atoms with Gasteiger partial charge in [0.15, 0.2) is 12.4 Å². The van der Waals surface area contributed by atoms with Crippen molar-refractivity contribution in [2.75, 3.05) is 11.9 Å². The average molecular weight is 381 g/mol. The number of benzene rings is 1. The van der Waals surface area contributed by atoms with Gasteiger partial charge in [-0.3, -0.25) is 4.79 Å². The van der Waals surface area contributed by atoms with Crippen molar-refractivity contribution in [3.63, 3.8) is 0 Å². The van der Waals surface area contributed by atoms with Crippen molar-refractivity contribution >= 4 is 11.6 Å².